The van der Waals surface area contributed by atoms with Crippen molar-refractivity contribution in [1.82, 2.24) is 10.3 Å². The van der Waals surface area contributed by atoms with E-state index < -0.39 is 6.04 Å². The molecule has 1 aromatic heterocycles. The number of fused-ring (bicyclic) bond motifs is 1. The molecule has 0 radical (unpaired) electrons. The van der Waals surface area contributed by atoms with E-state index in [2.05, 4.69) is 10.3 Å². The van der Waals surface area contributed by atoms with E-state index in [0.29, 0.717) is 29.3 Å². The SMILES string of the molecule is COc1ccc(CNC(=O)C[C@@H]2c3ncccc3C(=O)N2c2cccc(C)c2)cc1OC. The molecular formula is C25H25N3O4. The molecule has 4 rings (SSSR count). The first-order chi connectivity index (χ1) is 15.5. The standard InChI is InChI=1S/C25H25N3O4/c1-16-6-4-7-18(12-16)28-20(24-19(25(28)30)8-5-11-26-24)14-23(29)27-15-17-9-10-21(31-2)22(13-17)32-3/h4-13,20H,14-15H2,1-3H3,(H,27,29)/t20-/m1/s1. The molecule has 1 aliphatic heterocycles. The second-order valence-corrected chi connectivity index (χ2v) is 7.64. The summed E-state index contributed by atoms with van der Waals surface area (Å²) in [5, 5.41) is 2.94. The maximum Gasteiger partial charge on any atom is 0.260 e. The first-order valence-corrected chi connectivity index (χ1v) is 10.3. The molecule has 0 spiro atoms. The summed E-state index contributed by atoms with van der Waals surface area (Å²) < 4.78 is 10.6. The third kappa shape index (κ3) is 4.14. The molecule has 2 aromatic carbocycles. The fourth-order valence-corrected chi connectivity index (χ4v) is 3.96. The van der Waals surface area contributed by atoms with Crippen molar-refractivity contribution < 1.29 is 19.1 Å². The number of benzene rings is 2. The van der Waals surface area contributed by atoms with Crippen LogP contribution < -0.4 is 19.7 Å². The van der Waals surface area contributed by atoms with Gasteiger partial charge in [0, 0.05) is 18.4 Å². The van der Waals surface area contributed by atoms with Gasteiger partial charge in [-0.15, -0.1) is 0 Å². The van der Waals surface area contributed by atoms with Gasteiger partial charge >= 0.3 is 0 Å². The minimum absolute atomic E-state index is 0.108. The van der Waals surface area contributed by atoms with Crippen LogP contribution in [-0.2, 0) is 11.3 Å². The molecule has 0 saturated carbocycles. The maximum atomic E-state index is 13.1. The van der Waals surface area contributed by atoms with Gasteiger partial charge in [-0.25, -0.2) is 0 Å². The van der Waals surface area contributed by atoms with Crippen molar-refractivity contribution in [3.8, 4) is 11.5 Å². The zero-order chi connectivity index (χ0) is 22.7. The third-order valence-electron chi connectivity index (χ3n) is 5.51. The van der Waals surface area contributed by atoms with Crippen molar-refractivity contribution in [2.45, 2.75) is 25.9 Å². The summed E-state index contributed by atoms with van der Waals surface area (Å²) in [5.74, 6) is 0.915. The van der Waals surface area contributed by atoms with Crippen molar-refractivity contribution in [1.29, 1.82) is 0 Å². The molecule has 7 heteroatoms. The summed E-state index contributed by atoms with van der Waals surface area (Å²) in [7, 11) is 3.15. The van der Waals surface area contributed by atoms with Crippen molar-refractivity contribution in [3.05, 3.63) is 83.2 Å². The van der Waals surface area contributed by atoms with Crippen LogP contribution in [0.3, 0.4) is 0 Å². The van der Waals surface area contributed by atoms with Crippen LogP contribution in [-0.4, -0.2) is 31.0 Å². The lowest BCUT2D eigenvalue weighted by molar-refractivity contribution is -0.121. The molecule has 0 saturated heterocycles. The van der Waals surface area contributed by atoms with E-state index in [1.165, 1.54) is 0 Å². The molecule has 0 bridgehead atoms. The summed E-state index contributed by atoms with van der Waals surface area (Å²) in [4.78, 5) is 32.1. The maximum absolute atomic E-state index is 13.1. The number of amides is 2. The highest BCUT2D eigenvalue weighted by atomic mass is 16.5. The van der Waals surface area contributed by atoms with Gasteiger partial charge in [-0.05, 0) is 54.4 Å². The van der Waals surface area contributed by atoms with E-state index in [9.17, 15) is 9.59 Å². The van der Waals surface area contributed by atoms with E-state index >= 15 is 0 Å². The van der Waals surface area contributed by atoms with Crippen molar-refractivity contribution >= 4 is 17.5 Å². The van der Waals surface area contributed by atoms with E-state index in [0.717, 1.165) is 16.8 Å². The lowest BCUT2D eigenvalue weighted by Crippen LogP contribution is -2.33. The Balaban J connectivity index is 1.53. The van der Waals surface area contributed by atoms with E-state index in [4.69, 9.17) is 9.47 Å². The van der Waals surface area contributed by atoms with Gasteiger partial charge in [-0.2, -0.15) is 0 Å². The molecule has 164 valence electrons. The van der Waals surface area contributed by atoms with Gasteiger partial charge in [0.15, 0.2) is 11.5 Å². The van der Waals surface area contributed by atoms with Crippen LogP contribution in [0.4, 0.5) is 5.69 Å². The molecule has 32 heavy (non-hydrogen) atoms. The fraction of sp³-hybridized carbons (Fsp3) is 0.240. The van der Waals surface area contributed by atoms with E-state index in [1.807, 2.05) is 43.3 Å². The summed E-state index contributed by atoms with van der Waals surface area (Å²) in [5.41, 5.74) is 3.83. The highest BCUT2D eigenvalue weighted by Gasteiger charge is 2.39. The summed E-state index contributed by atoms with van der Waals surface area (Å²) in [6, 6.07) is 16.2. The van der Waals surface area contributed by atoms with Crippen LogP contribution in [0.5, 0.6) is 11.5 Å². The number of ether oxygens (including phenoxy) is 2. The molecular weight excluding hydrogens is 406 g/mol. The summed E-state index contributed by atoms with van der Waals surface area (Å²) in [6.45, 7) is 2.31. The Hall–Kier alpha value is -3.87. The number of nitrogens with one attached hydrogen (secondary N) is 1. The van der Waals surface area contributed by atoms with Crippen LogP contribution in [0, 0.1) is 6.92 Å². The minimum atomic E-state index is -0.467. The van der Waals surface area contributed by atoms with Gasteiger partial charge in [-0.1, -0.05) is 18.2 Å². The molecule has 0 aliphatic carbocycles. The number of pyridine rings is 1. The van der Waals surface area contributed by atoms with Crippen molar-refractivity contribution in [2.24, 2.45) is 0 Å². The average Bonchev–Trinajstić information content (AvgIpc) is 3.09. The number of rotatable bonds is 7. The summed E-state index contributed by atoms with van der Waals surface area (Å²) in [6.07, 6.45) is 1.76. The van der Waals surface area contributed by atoms with Crippen LogP contribution in [0.25, 0.3) is 0 Å². The lowest BCUT2D eigenvalue weighted by atomic mass is 10.1. The number of aromatic nitrogens is 1. The molecule has 1 atom stereocenters. The van der Waals surface area contributed by atoms with Gasteiger partial charge in [0.05, 0.1) is 37.9 Å². The third-order valence-corrected chi connectivity index (χ3v) is 5.51. The topological polar surface area (TPSA) is 80.8 Å². The Morgan fingerprint density at radius 2 is 1.88 bits per heavy atom. The van der Waals surface area contributed by atoms with E-state index in [1.54, 1.807) is 43.5 Å². The predicted octanol–water partition coefficient (Wildman–Crippen LogP) is 3.82. The minimum Gasteiger partial charge on any atom is -0.493 e. The molecule has 0 fully saturated rings. The molecule has 3 aromatic rings. The van der Waals surface area contributed by atoms with Crippen molar-refractivity contribution in [2.75, 3.05) is 19.1 Å². The number of carbonyl (C=O) groups is 2. The number of hydrogen-bond acceptors (Lipinski definition) is 5. The van der Waals surface area contributed by atoms with Crippen LogP contribution in [0.2, 0.25) is 0 Å². The highest BCUT2D eigenvalue weighted by Crippen LogP contribution is 2.38. The van der Waals surface area contributed by atoms with Gasteiger partial charge in [0.25, 0.3) is 5.91 Å². The quantitative estimate of drug-likeness (QED) is 0.615. The monoisotopic (exact) mass is 431 g/mol. The number of hydrogen-bond donors (Lipinski definition) is 1. The zero-order valence-electron chi connectivity index (χ0n) is 18.3. The van der Waals surface area contributed by atoms with Crippen LogP contribution in [0.15, 0.2) is 60.8 Å². The molecule has 7 nitrogen and oxygen atoms in total. The molecule has 1 N–H and O–H groups in total. The fourth-order valence-electron chi connectivity index (χ4n) is 3.96. The Labute approximate surface area is 187 Å². The highest BCUT2D eigenvalue weighted by molar-refractivity contribution is 6.11. The van der Waals surface area contributed by atoms with E-state index in [-0.39, 0.29) is 18.2 Å². The van der Waals surface area contributed by atoms with Gasteiger partial charge in [0.1, 0.15) is 0 Å². The van der Waals surface area contributed by atoms with Crippen LogP contribution >= 0.6 is 0 Å². The Morgan fingerprint density at radius 3 is 2.62 bits per heavy atom. The smallest absolute Gasteiger partial charge is 0.260 e. The number of nitrogens with zero attached hydrogens (tertiary/aromatic N) is 2. The second kappa shape index (κ2) is 9.09. The number of aryl methyl sites for hydroxylation is 1. The molecule has 2 heterocycles. The zero-order valence-corrected chi connectivity index (χ0v) is 18.3. The predicted molar refractivity (Wildman–Crippen MR) is 121 cm³/mol. The Bertz CT molecular complexity index is 1160. The lowest BCUT2D eigenvalue weighted by Gasteiger charge is -2.25. The Kier molecular flexibility index (Phi) is 6.07. The second-order valence-electron chi connectivity index (χ2n) is 7.64. The average molecular weight is 431 g/mol. The van der Waals surface area contributed by atoms with Gasteiger partial charge in [0.2, 0.25) is 5.91 Å². The first-order valence-electron chi connectivity index (χ1n) is 10.3. The molecule has 1 aliphatic rings. The van der Waals surface area contributed by atoms with Gasteiger partial charge < -0.3 is 14.8 Å². The van der Waals surface area contributed by atoms with Crippen LogP contribution in [0.1, 0.15) is 39.6 Å². The normalized spacial score (nSPS) is 14.8. The summed E-state index contributed by atoms with van der Waals surface area (Å²) >= 11 is 0. The largest absolute Gasteiger partial charge is 0.493 e. The molecule has 0 unspecified atom stereocenters. The Morgan fingerprint density at radius 1 is 1.06 bits per heavy atom. The van der Waals surface area contributed by atoms with Gasteiger partial charge in [-0.3, -0.25) is 19.5 Å². The number of anilines is 1. The number of methoxy groups -OCH3 is 2. The first kappa shape index (κ1) is 21.4. The molecule has 2 amide bonds. The number of carbonyl (C=O) groups excluding carboxylic acids is 2. The van der Waals surface area contributed by atoms with Crippen molar-refractivity contribution in [3.63, 3.8) is 0 Å².